The molecule has 1 aromatic heterocycles. The molecule has 0 amide bonds. The molecule has 7 heteroatoms. The summed E-state index contributed by atoms with van der Waals surface area (Å²) in [5.41, 5.74) is 2.47. The SMILES string of the molecule is CC(C)N(C)c1nc2cc(OC(=O)O)ccc2nc1-c1ccc(F)cc1. The van der Waals surface area contributed by atoms with Gasteiger partial charge in [-0.3, -0.25) is 0 Å². The minimum atomic E-state index is -1.39. The van der Waals surface area contributed by atoms with Gasteiger partial charge < -0.3 is 14.7 Å². The van der Waals surface area contributed by atoms with Gasteiger partial charge in [-0.2, -0.15) is 0 Å². The van der Waals surface area contributed by atoms with Crippen LogP contribution in [0.4, 0.5) is 15.0 Å². The number of ether oxygens (including phenoxy) is 1. The first kappa shape index (κ1) is 17.6. The van der Waals surface area contributed by atoms with E-state index in [-0.39, 0.29) is 17.6 Å². The van der Waals surface area contributed by atoms with E-state index in [9.17, 15) is 9.18 Å². The van der Waals surface area contributed by atoms with Crippen LogP contribution in [0.2, 0.25) is 0 Å². The van der Waals surface area contributed by atoms with Gasteiger partial charge in [-0.05, 0) is 50.2 Å². The van der Waals surface area contributed by atoms with Crippen molar-refractivity contribution in [1.82, 2.24) is 9.97 Å². The molecule has 0 unspecified atom stereocenters. The molecule has 0 aliphatic heterocycles. The van der Waals surface area contributed by atoms with Crippen LogP contribution in [-0.4, -0.2) is 34.3 Å². The third-order valence-corrected chi connectivity index (χ3v) is 4.05. The summed E-state index contributed by atoms with van der Waals surface area (Å²) in [5.74, 6) is 0.468. The minimum absolute atomic E-state index is 0.152. The zero-order chi connectivity index (χ0) is 18.8. The number of halogens is 1. The molecular formula is C19H18FN3O3. The maximum atomic E-state index is 13.3. The van der Waals surface area contributed by atoms with E-state index >= 15 is 0 Å². The van der Waals surface area contributed by atoms with Crippen molar-refractivity contribution >= 4 is 23.0 Å². The van der Waals surface area contributed by atoms with E-state index in [2.05, 4.69) is 9.97 Å². The van der Waals surface area contributed by atoms with Crippen molar-refractivity contribution in [3.05, 3.63) is 48.3 Å². The summed E-state index contributed by atoms with van der Waals surface area (Å²) in [7, 11) is 1.89. The quantitative estimate of drug-likeness (QED) is 0.554. The lowest BCUT2D eigenvalue weighted by atomic mass is 10.1. The fourth-order valence-electron chi connectivity index (χ4n) is 2.48. The van der Waals surface area contributed by atoms with Gasteiger partial charge in [0.15, 0.2) is 5.82 Å². The van der Waals surface area contributed by atoms with Crippen LogP contribution in [0.5, 0.6) is 5.75 Å². The van der Waals surface area contributed by atoms with Crippen LogP contribution in [0.15, 0.2) is 42.5 Å². The van der Waals surface area contributed by atoms with Gasteiger partial charge >= 0.3 is 6.16 Å². The second kappa shape index (κ2) is 6.95. The fourth-order valence-corrected chi connectivity index (χ4v) is 2.48. The molecule has 0 bridgehead atoms. The van der Waals surface area contributed by atoms with E-state index in [1.165, 1.54) is 24.3 Å². The molecule has 0 saturated carbocycles. The number of nitrogens with zero attached hydrogens (tertiary/aromatic N) is 3. The fraction of sp³-hybridized carbons (Fsp3) is 0.211. The number of carbonyl (C=O) groups is 1. The molecule has 0 aliphatic carbocycles. The van der Waals surface area contributed by atoms with E-state index in [0.29, 0.717) is 22.5 Å². The van der Waals surface area contributed by atoms with Crippen LogP contribution in [-0.2, 0) is 0 Å². The summed E-state index contributed by atoms with van der Waals surface area (Å²) in [5, 5.41) is 8.77. The molecular weight excluding hydrogens is 337 g/mol. The average molecular weight is 355 g/mol. The van der Waals surface area contributed by atoms with E-state index in [4.69, 9.17) is 9.84 Å². The molecule has 2 aromatic carbocycles. The molecule has 0 spiro atoms. The highest BCUT2D eigenvalue weighted by atomic mass is 19.1. The van der Waals surface area contributed by atoms with Gasteiger partial charge in [-0.25, -0.2) is 19.2 Å². The molecule has 26 heavy (non-hydrogen) atoms. The van der Waals surface area contributed by atoms with Crippen molar-refractivity contribution in [2.24, 2.45) is 0 Å². The Hall–Kier alpha value is -3.22. The average Bonchev–Trinajstić information content (AvgIpc) is 2.60. The molecule has 0 atom stereocenters. The number of anilines is 1. The van der Waals surface area contributed by atoms with Crippen molar-refractivity contribution in [1.29, 1.82) is 0 Å². The molecule has 3 rings (SSSR count). The topological polar surface area (TPSA) is 75.6 Å². The van der Waals surface area contributed by atoms with Crippen LogP contribution in [0.1, 0.15) is 13.8 Å². The third-order valence-electron chi connectivity index (χ3n) is 4.05. The van der Waals surface area contributed by atoms with Gasteiger partial charge in [0.25, 0.3) is 0 Å². The van der Waals surface area contributed by atoms with Gasteiger partial charge in [0.2, 0.25) is 0 Å². The Labute approximate surface area is 149 Å². The molecule has 6 nitrogen and oxygen atoms in total. The predicted molar refractivity (Wildman–Crippen MR) is 97.1 cm³/mol. The van der Waals surface area contributed by atoms with Gasteiger partial charge in [-0.15, -0.1) is 0 Å². The highest BCUT2D eigenvalue weighted by molar-refractivity contribution is 5.84. The number of carboxylic acid groups (broad SMARTS) is 1. The molecule has 0 saturated heterocycles. The monoisotopic (exact) mass is 355 g/mol. The normalized spacial score (nSPS) is 11.0. The Morgan fingerprint density at radius 2 is 1.81 bits per heavy atom. The van der Waals surface area contributed by atoms with Gasteiger partial charge in [0, 0.05) is 24.7 Å². The Kier molecular flexibility index (Phi) is 4.71. The predicted octanol–water partition coefficient (Wildman–Crippen LogP) is 4.34. The number of rotatable bonds is 4. The number of hydrogen-bond donors (Lipinski definition) is 1. The van der Waals surface area contributed by atoms with Crippen molar-refractivity contribution in [2.75, 3.05) is 11.9 Å². The van der Waals surface area contributed by atoms with E-state index in [1.807, 2.05) is 25.8 Å². The summed E-state index contributed by atoms with van der Waals surface area (Å²) in [6.45, 7) is 4.04. The van der Waals surface area contributed by atoms with Crippen LogP contribution >= 0.6 is 0 Å². The molecule has 0 fully saturated rings. The summed E-state index contributed by atoms with van der Waals surface area (Å²) < 4.78 is 18.0. The van der Waals surface area contributed by atoms with Gasteiger partial charge in [0.1, 0.15) is 17.3 Å². The number of fused-ring (bicyclic) bond motifs is 1. The Morgan fingerprint density at radius 1 is 1.12 bits per heavy atom. The number of aromatic nitrogens is 2. The Morgan fingerprint density at radius 3 is 2.42 bits per heavy atom. The van der Waals surface area contributed by atoms with E-state index < -0.39 is 6.16 Å². The zero-order valence-electron chi connectivity index (χ0n) is 14.6. The summed E-state index contributed by atoms with van der Waals surface area (Å²) >= 11 is 0. The van der Waals surface area contributed by atoms with Gasteiger partial charge in [-0.1, -0.05) is 0 Å². The molecule has 0 aliphatic rings. The second-order valence-corrected chi connectivity index (χ2v) is 6.13. The first-order valence-corrected chi connectivity index (χ1v) is 8.06. The van der Waals surface area contributed by atoms with Crippen molar-refractivity contribution in [3.8, 4) is 17.0 Å². The van der Waals surface area contributed by atoms with Gasteiger partial charge in [0.05, 0.1) is 11.0 Å². The largest absolute Gasteiger partial charge is 0.511 e. The van der Waals surface area contributed by atoms with Crippen LogP contribution in [0.3, 0.4) is 0 Å². The lowest BCUT2D eigenvalue weighted by Gasteiger charge is -2.25. The highest BCUT2D eigenvalue weighted by Gasteiger charge is 2.17. The minimum Gasteiger partial charge on any atom is -0.449 e. The molecule has 1 heterocycles. The molecule has 0 radical (unpaired) electrons. The standard InChI is InChI=1S/C19H18FN3O3/c1-11(2)23(3)18-17(12-4-6-13(20)7-5-12)21-15-9-8-14(26-19(24)25)10-16(15)22-18/h4-11H,1-3H3,(H,24,25). The van der Waals surface area contributed by atoms with E-state index in [1.54, 1.807) is 18.2 Å². The lowest BCUT2D eigenvalue weighted by molar-refractivity contribution is 0.144. The number of hydrogen-bond acceptors (Lipinski definition) is 5. The van der Waals surface area contributed by atoms with Crippen LogP contribution < -0.4 is 9.64 Å². The Balaban J connectivity index is 2.19. The first-order valence-electron chi connectivity index (χ1n) is 8.06. The number of benzene rings is 2. The Bertz CT molecular complexity index is 958. The van der Waals surface area contributed by atoms with Crippen molar-refractivity contribution in [2.45, 2.75) is 19.9 Å². The first-order chi connectivity index (χ1) is 12.3. The second-order valence-electron chi connectivity index (χ2n) is 6.13. The summed E-state index contributed by atoms with van der Waals surface area (Å²) in [6, 6.07) is 10.9. The van der Waals surface area contributed by atoms with E-state index in [0.717, 1.165) is 5.56 Å². The highest BCUT2D eigenvalue weighted by Crippen LogP contribution is 2.31. The summed E-state index contributed by atoms with van der Waals surface area (Å²) in [4.78, 5) is 22.0. The zero-order valence-corrected chi connectivity index (χ0v) is 14.6. The van der Waals surface area contributed by atoms with Crippen molar-refractivity contribution < 1.29 is 19.0 Å². The maximum Gasteiger partial charge on any atom is 0.511 e. The van der Waals surface area contributed by atoms with Crippen LogP contribution in [0.25, 0.3) is 22.3 Å². The molecule has 1 N–H and O–H groups in total. The molecule has 3 aromatic rings. The maximum absolute atomic E-state index is 13.3. The van der Waals surface area contributed by atoms with Crippen molar-refractivity contribution in [3.63, 3.8) is 0 Å². The summed E-state index contributed by atoms with van der Waals surface area (Å²) in [6.07, 6.45) is -1.39. The molecule has 134 valence electrons. The van der Waals surface area contributed by atoms with Crippen LogP contribution in [0, 0.1) is 5.82 Å². The third kappa shape index (κ3) is 3.56. The smallest absolute Gasteiger partial charge is 0.449 e. The lowest BCUT2D eigenvalue weighted by Crippen LogP contribution is -2.27.